The Morgan fingerprint density at radius 2 is 1.43 bits per heavy atom. The number of nitrogens with two attached hydrogens (primary N) is 1. The molecule has 2 aromatic heterocycles. The lowest BCUT2D eigenvalue weighted by atomic mass is 10.3. The summed E-state index contributed by atoms with van der Waals surface area (Å²) < 4.78 is 1.90. The standard InChI is InChI=1S/C15H12Br2N6/c16-9-1-4-11(5-2-9)22-14-13(18)15(21-8-20-14)23-12-6-3-10(17)7-19-12/h1-8H,18H2,(H2,19,20,21,22,23). The molecule has 8 heteroatoms. The van der Waals surface area contributed by atoms with Crippen molar-refractivity contribution in [2.75, 3.05) is 16.4 Å². The molecule has 0 spiro atoms. The molecular weight excluding hydrogens is 424 g/mol. The molecular formula is C15H12Br2N6. The van der Waals surface area contributed by atoms with Crippen molar-refractivity contribution in [2.24, 2.45) is 0 Å². The Labute approximate surface area is 149 Å². The van der Waals surface area contributed by atoms with Crippen LogP contribution in [0.25, 0.3) is 0 Å². The van der Waals surface area contributed by atoms with Crippen LogP contribution in [-0.4, -0.2) is 15.0 Å². The number of hydrogen-bond donors (Lipinski definition) is 3. The van der Waals surface area contributed by atoms with Crippen LogP contribution in [0.3, 0.4) is 0 Å². The third-order valence-corrected chi connectivity index (χ3v) is 3.96. The molecule has 6 nitrogen and oxygen atoms in total. The number of nitrogens with one attached hydrogen (secondary N) is 2. The maximum absolute atomic E-state index is 6.14. The minimum Gasteiger partial charge on any atom is -0.393 e. The van der Waals surface area contributed by atoms with E-state index in [9.17, 15) is 0 Å². The van der Waals surface area contributed by atoms with Gasteiger partial charge in [-0.25, -0.2) is 15.0 Å². The summed E-state index contributed by atoms with van der Waals surface area (Å²) in [7, 11) is 0. The molecule has 0 radical (unpaired) electrons. The molecule has 23 heavy (non-hydrogen) atoms. The van der Waals surface area contributed by atoms with Gasteiger partial charge in [-0.15, -0.1) is 0 Å². The van der Waals surface area contributed by atoms with E-state index in [1.54, 1.807) is 6.20 Å². The highest BCUT2D eigenvalue weighted by atomic mass is 79.9. The number of nitrogens with zero attached hydrogens (tertiary/aromatic N) is 3. The fraction of sp³-hybridized carbons (Fsp3) is 0. The lowest BCUT2D eigenvalue weighted by Crippen LogP contribution is -2.05. The summed E-state index contributed by atoms with van der Waals surface area (Å²) in [4.78, 5) is 12.6. The van der Waals surface area contributed by atoms with Crippen LogP contribution >= 0.6 is 31.9 Å². The molecule has 3 aromatic rings. The van der Waals surface area contributed by atoms with E-state index < -0.39 is 0 Å². The highest BCUT2D eigenvalue weighted by molar-refractivity contribution is 9.10. The average Bonchev–Trinajstić information content (AvgIpc) is 2.55. The van der Waals surface area contributed by atoms with Crippen LogP contribution in [0.1, 0.15) is 0 Å². The van der Waals surface area contributed by atoms with Crippen molar-refractivity contribution in [3.63, 3.8) is 0 Å². The molecule has 0 unspecified atom stereocenters. The SMILES string of the molecule is Nc1c(Nc2ccc(Br)cc2)ncnc1Nc1ccc(Br)cn1. The zero-order valence-corrected chi connectivity index (χ0v) is 15.0. The van der Waals surface area contributed by atoms with Gasteiger partial charge in [0.2, 0.25) is 0 Å². The van der Waals surface area contributed by atoms with Crippen LogP contribution in [0.4, 0.5) is 28.8 Å². The first-order valence-corrected chi connectivity index (χ1v) is 8.22. The van der Waals surface area contributed by atoms with Crippen molar-refractivity contribution >= 4 is 60.7 Å². The van der Waals surface area contributed by atoms with Gasteiger partial charge in [0.1, 0.15) is 17.8 Å². The van der Waals surface area contributed by atoms with Crippen LogP contribution in [-0.2, 0) is 0 Å². The molecule has 0 amide bonds. The molecule has 0 aliphatic carbocycles. The van der Waals surface area contributed by atoms with E-state index in [-0.39, 0.29) is 0 Å². The van der Waals surface area contributed by atoms with E-state index in [1.165, 1.54) is 6.33 Å². The maximum atomic E-state index is 6.14. The molecule has 0 saturated heterocycles. The van der Waals surface area contributed by atoms with Crippen LogP contribution < -0.4 is 16.4 Å². The predicted molar refractivity (Wildman–Crippen MR) is 99.1 cm³/mol. The lowest BCUT2D eigenvalue weighted by Gasteiger charge is -2.12. The summed E-state index contributed by atoms with van der Waals surface area (Å²) in [5.41, 5.74) is 7.44. The predicted octanol–water partition coefficient (Wildman–Crippen LogP) is 4.47. The number of anilines is 5. The first-order valence-electron chi connectivity index (χ1n) is 6.63. The van der Waals surface area contributed by atoms with Crippen molar-refractivity contribution in [1.29, 1.82) is 0 Å². The molecule has 0 atom stereocenters. The second-order valence-corrected chi connectivity index (χ2v) is 6.43. The minimum absolute atomic E-state index is 0.417. The summed E-state index contributed by atoms with van der Waals surface area (Å²) in [6, 6.07) is 11.4. The first-order chi connectivity index (χ1) is 11.1. The second-order valence-electron chi connectivity index (χ2n) is 4.60. The Morgan fingerprint density at radius 3 is 2.09 bits per heavy atom. The van der Waals surface area contributed by atoms with Gasteiger partial charge >= 0.3 is 0 Å². The monoisotopic (exact) mass is 434 g/mol. The van der Waals surface area contributed by atoms with Crippen molar-refractivity contribution in [3.8, 4) is 0 Å². The van der Waals surface area contributed by atoms with Gasteiger partial charge in [0.05, 0.1) is 0 Å². The fourth-order valence-corrected chi connectivity index (χ4v) is 2.33. The van der Waals surface area contributed by atoms with Gasteiger partial charge in [0, 0.05) is 20.8 Å². The summed E-state index contributed by atoms with van der Waals surface area (Å²) in [5.74, 6) is 1.67. The average molecular weight is 436 g/mol. The topological polar surface area (TPSA) is 88.8 Å². The second kappa shape index (κ2) is 6.93. The number of aromatic nitrogens is 3. The van der Waals surface area contributed by atoms with Crippen molar-refractivity contribution < 1.29 is 0 Å². The molecule has 0 bridgehead atoms. The highest BCUT2D eigenvalue weighted by Crippen LogP contribution is 2.28. The normalized spacial score (nSPS) is 10.3. The van der Waals surface area contributed by atoms with E-state index in [4.69, 9.17) is 5.73 Å². The molecule has 0 fully saturated rings. The van der Waals surface area contributed by atoms with Crippen LogP contribution in [0.2, 0.25) is 0 Å². The van der Waals surface area contributed by atoms with Crippen LogP contribution in [0.5, 0.6) is 0 Å². The van der Waals surface area contributed by atoms with Gasteiger partial charge in [-0.3, -0.25) is 0 Å². The zero-order chi connectivity index (χ0) is 16.2. The van der Waals surface area contributed by atoms with E-state index in [1.807, 2.05) is 36.4 Å². The molecule has 0 aliphatic rings. The van der Waals surface area contributed by atoms with Gasteiger partial charge < -0.3 is 16.4 Å². The largest absolute Gasteiger partial charge is 0.393 e. The van der Waals surface area contributed by atoms with Crippen LogP contribution in [0.15, 0.2) is 57.9 Å². The zero-order valence-electron chi connectivity index (χ0n) is 11.8. The summed E-state index contributed by atoms with van der Waals surface area (Å²) >= 11 is 6.75. The number of pyridine rings is 1. The number of halogens is 2. The molecule has 0 aliphatic heterocycles. The van der Waals surface area contributed by atoms with E-state index >= 15 is 0 Å². The lowest BCUT2D eigenvalue weighted by molar-refractivity contribution is 1.16. The van der Waals surface area contributed by atoms with Gasteiger partial charge in [0.15, 0.2) is 11.6 Å². The third-order valence-electron chi connectivity index (χ3n) is 2.96. The summed E-state index contributed by atoms with van der Waals surface area (Å²) in [6.45, 7) is 0. The highest BCUT2D eigenvalue weighted by Gasteiger charge is 2.09. The Kier molecular flexibility index (Phi) is 4.73. The number of benzene rings is 1. The van der Waals surface area contributed by atoms with Crippen molar-refractivity contribution in [3.05, 3.63) is 57.9 Å². The van der Waals surface area contributed by atoms with Crippen LogP contribution in [0, 0.1) is 0 Å². The Hall–Kier alpha value is -2.19. The van der Waals surface area contributed by atoms with E-state index in [0.717, 1.165) is 14.6 Å². The minimum atomic E-state index is 0.417. The Morgan fingerprint density at radius 1 is 0.783 bits per heavy atom. The fourth-order valence-electron chi connectivity index (χ4n) is 1.84. The number of hydrogen-bond acceptors (Lipinski definition) is 6. The Bertz CT molecular complexity index is 739. The smallest absolute Gasteiger partial charge is 0.160 e. The molecule has 1 aromatic carbocycles. The van der Waals surface area contributed by atoms with Crippen molar-refractivity contribution in [2.45, 2.75) is 0 Å². The molecule has 2 heterocycles. The van der Waals surface area contributed by atoms with Gasteiger partial charge in [-0.05, 0) is 52.3 Å². The summed E-state index contributed by atoms with van der Waals surface area (Å²) in [5, 5.41) is 6.25. The summed E-state index contributed by atoms with van der Waals surface area (Å²) in [6.07, 6.45) is 3.14. The number of nitrogen functional groups attached to an aromatic ring is 1. The van der Waals surface area contributed by atoms with Crippen molar-refractivity contribution in [1.82, 2.24) is 15.0 Å². The molecule has 116 valence electrons. The van der Waals surface area contributed by atoms with Gasteiger partial charge in [0.25, 0.3) is 0 Å². The molecule has 4 N–H and O–H groups in total. The third kappa shape index (κ3) is 3.96. The Balaban J connectivity index is 1.83. The van der Waals surface area contributed by atoms with Gasteiger partial charge in [-0.1, -0.05) is 15.9 Å². The quantitative estimate of drug-likeness (QED) is 0.560. The van der Waals surface area contributed by atoms with E-state index in [0.29, 0.717) is 23.1 Å². The van der Waals surface area contributed by atoms with Gasteiger partial charge in [-0.2, -0.15) is 0 Å². The van der Waals surface area contributed by atoms with E-state index in [2.05, 4.69) is 57.4 Å². The molecule has 0 saturated carbocycles. The maximum Gasteiger partial charge on any atom is 0.160 e. The number of rotatable bonds is 4. The first kappa shape index (κ1) is 15.7. The molecule has 3 rings (SSSR count).